The molecule has 9 nitrogen and oxygen atoms in total. The summed E-state index contributed by atoms with van der Waals surface area (Å²) < 4.78 is 66.1. The number of nitrogens with zero attached hydrogens (tertiary/aromatic N) is 6. The van der Waals surface area contributed by atoms with E-state index in [-0.39, 0.29) is 61.6 Å². The fourth-order valence-corrected chi connectivity index (χ4v) is 8.44. The van der Waals surface area contributed by atoms with E-state index in [1.54, 1.807) is 4.90 Å². The number of nitrogens with one attached hydrogen (secondary N) is 1. The molecule has 0 radical (unpaired) electrons. The molecule has 226 valence electrons. The minimum atomic E-state index is -2.58. The van der Waals surface area contributed by atoms with Crippen molar-refractivity contribution in [2.45, 2.75) is 62.1 Å². The zero-order valence-corrected chi connectivity index (χ0v) is 24.1. The first-order valence-corrected chi connectivity index (χ1v) is 15.5. The summed E-state index contributed by atoms with van der Waals surface area (Å²) in [5, 5.41) is 3.55. The Hall–Kier alpha value is -3.36. The van der Waals surface area contributed by atoms with Crippen molar-refractivity contribution in [2.24, 2.45) is 0 Å². The van der Waals surface area contributed by atoms with Gasteiger partial charge in [0.1, 0.15) is 29.5 Å². The first-order valence-electron chi connectivity index (χ1n) is 14.7. The Labute approximate surface area is 248 Å². The molecule has 7 heterocycles. The Morgan fingerprint density at radius 3 is 2.70 bits per heavy atom. The number of nitrogen functional groups attached to an aromatic ring is 1. The molecule has 4 aliphatic heterocycles. The second kappa shape index (κ2) is 9.83. The van der Waals surface area contributed by atoms with Crippen LogP contribution in [0.4, 0.5) is 28.5 Å². The highest BCUT2D eigenvalue weighted by atomic mass is 32.1. The monoisotopic (exact) mass is 614 g/mol. The number of hydrogen-bond acceptors (Lipinski definition) is 10. The van der Waals surface area contributed by atoms with Gasteiger partial charge in [0.2, 0.25) is 0 Å². The third-order valence-corrected chi connectivity index (χ3v) is 10.6. The van der Waals surface area contributed by atoms with Crippen molar-refractivity contribution in [2.75, 3.05) is 43.4 Å². The molecule has 14 heteroatoms. The third kappa shape index (κ3) is 4.24. The summed E-state index contributed by atoms with van der Waals surface area (Å²) in [4.78, 5) is 22.1. The van der Waals surface area contributed by atoms with Crippen LogP contribution in [0.25, 0.3) is 32.4 Å². The fourth-order valence-electron chi connectivity index (χ4n) is 7.68. The molecule has 0 spiro atoms. The minimum Gasteiger partial charge on any atom is -0.461 e. The van der Waals surface area contributed by atoms with Gasteiger partial charge >= 0.3 is 6.01 Å². The van der Waals surface area contributed by atoms with Gasteiger partial charge in [0.25, 0.3) is 6.43 Å². The molecule has 2 bridgehead atoms. The maximum Gasteiger partial charge on any atom is 0.319 e. The first-order chi connectivity index (χ1) is 20.8. The van der Waals surface area contributed by atoms with Gasteiger partial charge in [-0.3, -0.25) is 9.88 Å². The lowest BCUT2D eigenvalue weighted by Gasteiger charge is -2.41. The highest BCUT2D eigenvalue weighted by Crippen LogP contribution is 2.42. The van der Waals surface area contributed by atoms with E-state index in [1.807, 2.05) is 0 Å². The van der Waals surface area contributed by atoms with Crippen molar-refractivity contribution < 1.29 is 22.3 Å². The van der Waals surface area contributed by atoms with Gasteiger partial charge in [-0.2, -0.15) is 9.97 Å². The maximum atomic E-state index is 16.5. The highest BCUT2D eigenvalue weighted by Gasteiger charge is 2.51. The largest absolute Gasteiger partial charge is 0.461 e. The molecule has 43 heavy (non-hydrogen) atoms. The number of halogens is 4. The van der Waals surface area contributed by atoms with Crippen molar-refractivity contribution in [3.63, 3.8) is 0 Å². The predicted molar refractivity (Wildman–Crippen MR) is 156 cm³/mol. The molecule has 0 amide bonds. The number of anilines is 2. The Morgan fingerprint density at radius 1 is 1.09 bits per heavy atom. The SMILES string of the molecule is Nc1nc2c(-c3ncc4c(N5CC6CCC(C(F)F)(C5)N6)nc(OCC56CCCN5CCC6)nc4c3F)ccc(F)c2s1. The lowest BCUT2D eigenvalue weighted by Crippen LogP contribution is -2.63. The number of aromatic nitrogens is 4. The molecule has 1 aromatic carbocycles. The van der Waals surface area contributed by atoms with E-state index in [4.69, 9.17) is 15.5 Å². The number of piperazine rings is 1. The summed E-state index contributed by atoms with van der Waals surface area (Å²) >= 11 is 0.972. The predicted octanol–water partition coefficient (Wildman–Crippen LogP) is 4.75. The van der Waals surface area contributed by atoms with Crippen LogP contribution in [0.3, 0.4) is 0 Å². The number of ether oxygens (including phenoxy) is 1. The number of fused-ring (bicyclic) bond motifs is 5. The van der Waals surface area contributed by atoms with Crippen molar-refractivity contribution in [3.05, 3.63) is 30.0 Å². The van der Waals surface area contributed by atoms with Crippen LogP contribution < -0.4 is 20.7 Å². The molecule has 4 saturated heterocycles. The number of alkyl halides is 2. The molecular formula is C29H30F4N8OS. The quantitative estimate of drug-likeness (QED) is 0.298. The normalized spacial score (nSPS) is 25.0. The number of rotatable bonds is 6. The van der Waals surface area contributed by atoms with E-state index in [1.165, 1.54) is 18.3 Å². The summed E-state index contributed by atoms with van der Waals surface area (Å²) in [5.74, 6) is -0.956. The van der Waals surface area contributed by atoms with Crippen LogP contribution in [-0.4, -0.2) is 81.2 Å². The summed E-state index contributed by atoms with van der Waals surface area (Å²) in [5.41, 5.74) is 4.75. The van der Waals surface area contributed by atoms with E-state index in [2.05, 4.69) is 25.2 Å². The summed E-state index contributed by atoms with van der Waals surface area (Å²) in [6, 6.07) is 2.49. The molecule has 4 fully saturated rings. The Morgan fingerprint density at radius 2 is 1.91 bits per heavy atom. The highest BCUT2D eigenvalue weighted by molar-refractivity contribution is 7.22. The molecule has 0 saturated carbocycles. The Balaban J connectivity index is 1.25. The van der Waals surface area contributed by atoms with Crippen molar-refractivity contribution in [3.8, 4) is 17.3 Å². The average Bonchev–Trinajstić information content (AvgIpc) is 3.75. The van der Waals surface area contributed by atoms with Crippen molar-refractivity contribution in [1.29, 1.82) is 0 Å². The lowest BCUT2D eigenvalue weighted by molar-refractivity contribution is 0.0367. The number of pyridine rings is 1. The van der Waals surface area contributed by atoms with E-state index in [9.17, 15) is 13.2 Å². The average molecular weight is 615 g/mol. The summed E-state index contributed by atoms with van der Waals surface area (Å²) in [7, 11) is 0. The van der Waals surface area contributed by atoms with Gasteiger partial charge in [-0.15, -0.1) is 0 Å². The van der Waals surface area contributed by atoms with E-state index >= 15 is 4.39 Å². The number of hydrogen-bond donors (Lipinski definition) is 2. The van der Waals surface area contributed by atoms with Crippen LogP contribution in [0.2, 0.25) is 0 Å². The van der Waals surface area contributed by atoms with Crippen LogP contribution >= 0.6 is 11.3 Å². The fraction of sp³-hybridized carbons (Fsp3) is 0.517. The zero-order valence-electron chi connectivity index (χ0n) is 23.3. The third-order valence-electron chi connectivity index (χ3n) is 9.75. The Bertz CT molecular complexity index is 1740. The van der Waals surface area contributed by atoms with Gasteiger partial charge in [0.05, 0.1) is 26.7 Å². The second-order valence-corrected chi connectivity index (χ2v) is 13.3. The van der Waals surface area contributed by atoms with E-state index < -0.39 is 23.6 Å². The van der Waals surface area contributed by atoms with Gasteiger partial charge in [-0.1, -0.05) is 11.3 Å². The molecule has 2 atom stereocenters. The molecular weight excluding hydrogens is 584 g/mol. The number of benzene rings is 1. The van der Waals surface area contributed by atoms with Crippen molar-refractivity contribution in [1.82, 2.24) is 30.2 Å². The van der Waals surface area contributed by atoms with Gasteiger partial charge in [0.15, 0.2) is 10.9 Å². The van der Waals surface area contributed by atoms with Crippen LogP contribution in [0.1, 0.15) is 38.5 Å². The standard InChI is InChI=1S/C29H30F4N8OS/c30-18-4-3-16(22-23(18)43-26(34)36-22)20-19(31)21-17(11-35-20)24(40-12-15-5-8-29(13-40,39-15)25(32)33)38-27(37-21)42-14-28-6-1-9-41(28)10-2-7-28/h3-4,11,15,25,39H,1-2,5-10,12-14H2,(H2,34,36). The number of nitrogens with two attached hydrogens (primary N) is 1. The molecule has 3 aromatic heterocycles. The molecule has 2 unspecified atom stereocenters. The van der Waals surface area contributed by atoms with Crippen LogP contribution in [0.5, 0.6) is 6.01 Å². The molecule has 4 aliphatic rings. The maximum absolute atomic E-state index is 16.5. The second-order valence-electron chi connectivity index (χ2n) is 12.3. The van der Waals surface area contributed by atoms with Crippen LogP contribution in [-0.2, 0) is 0 Å². The zero-order chi connectivity index (χ0) is 29.5. The van der Waals surface area contributed by atoms with Gasteiger partial charge in [-0.25, -0.2) is 22.5 Å². The summed E-state index contributed by atoms with van der Waals surface area (Å²) in [6.07, 6.45) is 4.00. The Kier molecular flexibility index (Phi) is 6.22. The smallest absolute Gasteiger partial charge is 0.319 e. The first kappa shape index (κ1) is 27.2. The number of thiazole rings is 1. The molecule has 8 rings (SSSR count). The van der Waals surface area contributed by atoms with Gasteiger partial charge in [0, 0.05) is 30.9 Å². The lowest BCUT2D eigenvalue weighted by atomic mass is 9.95. The molecule has 0 aliphatic carbocycles. The summed E-state index contributed by atoms with van der Waals surface area (Å²) in [6.45, 7) is 2.83. The minimum absolute atomic E-state index is 0.00446. The van der Waals surface area contributed by atoms with Crippen LogP contribution in [0, 0.1) is 11.6 Å². The molecule has 3 N–H and O–H groups in total. The topological polar surface area (TPSA) is 105 Å². The van der Waals surface area contributed by atoms with Crippen LogP contribution in [0.15, 0.2) is 18.3 Å². The van der Waals surface area contributed by atoms with Gasteiger partial charge < -0.3 is 20.7 Å². The van der Waals surface area contributed by atoms with Crippen molar-refractivity contribution >= 4 is 43.4 Å². The van der Waals surface area contributed by atoms with Gasteiger partial charge in [-0.05, 0) is 63.7 Å². The molecule has 4 aromatic rings. The van der Waals surface area contributed by atoms with E-state index in [0.717, 1.165) is 50.1 Å². The van der Waals surface area contributed by atoms with E-state index in [0.29, 0.717) is 31.8 Å².